The topological polar surface area (TPSA) is 49.6 Å². The van der Waals surface area contributed by atoms with Crippen molar-refractivity contribution in [3.8, 4) is 0 Å². The van der Waals surface area contributed by atoms with Crippen LogP contribution in [0.1, 0.15) is 18.4 Å². The van der Waals surface area contributed by atoms with Gasteiger partial charge in [-0.3, -0.25) is 15.0 Å². The number of nitro benzene ring substituents is 1. The van der Waals surface area contributed by atoms with Gasteiger partial charge in [-0.05, 0) is 30.4 Å². The molecule has 5 nitrogen and oxygen atoms in total. The molecule has 3 rings (SSSR count). The summed E-state index contributed by atoms with van der Waals surface area (Å²) in [7, 11) is 0. The highest BCUT2D eigenvalue weighted by molar-refractivity contribution is 6.31. The fourth-order valence-corrected chi connectivity index (χ4v) is 3.01. The average molecular weight is 310 g/mol. The summed E-state index contributed by atoms with van der Waals surface area (Å²) in [5.41, 5.74) is 0.961. The van der Waals surface area contributed by atoms with E-state index in [1.165, 1.54) is 25.5 Å². The van der Waals surface area contributed by atoms with Gasteiger partial charge in [0.1, 0.15) is 0 Å². The molecule has 1 saturated heterocycles. The third-order valence-electron chi connectivity index (χ3n) is 4.31. The highest BCUT2D eigenvalue weighted by Gasteiger charge is 2.26. The van der Waals surface area contributed by atoms with E-state index in [-0.39, 0.29) is 10.6 Å². The molecule has 0 N–H and O–H groups in total. The van der Waals surface area contributed by atoms with E-state index in [1.807, 2.05) is 0 Å². The van der Waals surface area contributed by atoms with Gasteiger partial charge in [0, 0.05) is 56.4 Å². The molecule has 114 valence electrons. The summed E-state index contributed by atoms with van der Waals surface area (Å²) in [4.78, 5) is 15.3. The quantitative estimate of drug-likeness (QED) is 0.620. The number of benzene rings is 1. The van der Waals surface area contributed by atoms with E-state index in [4.69, 9.17) is 11.6 Å². The normalized spacial score (nSPS) is 20.6. The summed E-state index contributed by atoms with van der Waals surface area (Å²) in [6.07, 6.45) is 2.78. The van der Waals surface area contributed by atoms with Crippen molar-refractivity contribution in [1.29, 1.82) is 0 Å². The Hall–Kier alpha value is -1.17. The maximum Gasteiger partial charge on any atom is 0.269 e. The fraction of sp³-hybridized carbons (Fsp3) is 0.600. The Morgan fingerprint density at radius 2 is 1.86 bits per heavy atom. The van der Waals surface area contributed by atoms with Crippen LogP contribution in [0.4, 0.5) is 5.69 Å². The lowest BCUT2D eigenvalue weighted by molar-refractivity contribution is -0.384. The SMILES string of the molecule is O=[N+]([O-])c1ccc(Cl)c(CN2CCN(CC3CC3)CC2)c1. The van der Waals surface area contributed by atoms with Gasteiger partial charge in [0.25, 0.3) is 5.69 Å². The molecular weight excluding hydrogens is 290 g/mol. The Morgan fingerprint density at radius 1 is 1.19 bits per heavy atom. The Labute approximate surface area is 129 Å². The number of hydrogen-bond donors (Lipinski definition) is 0. The highest BCUT2D eigenvalue weighted by atomic mass is 35.5. The van der Waals surface area contributed by atoms with E-state index >= 15 is 0 Å². The molecule has 1 aromatic carbocycles. The molecule has 6 heteroatoms. The van der Waals surface area contributed by atoms with Gasteiger partial charge in [-0.25, -0.2) is 0 Å². The second-order valence-electron chi connectivity index (χ2n) is 6.05. The second-order valence-corrected chi connectivity index (χ2v) is 6.46. The van der Waals surface area contributed by atoms with Crippen molar-refractivity contribution >= 4 is 17.3 Å². The summed E-state index contributed by atoms with van der Waals surface area (Å²) < 4.78 is 0. The minimum Gasteiger partial charge on any atom is -0.301 e. The van der Waals surface area contributed by atoms with Crippen LogP contribution in [-0.2, 0) is 6.54 Å². The van der Waals surface area contributed by atoms with Crippen LogP contribution in [0.5, 0.6) is 0 Å². The largest absolute Gasteiger partial charge is 0.301 e. The van der Waals surface area contributed by atoms with E-state index in [2.05, 4.69) is 9.80 Å². The first-order chi connectivity index (χ1) is 10.1. The third-order valence-corrected chi connectivity index (χ3v) is 4.68. The van der Waals surface area contributed by atoms with Gasteiger partial charge < -0.3 is 4.90 Å². The van der Waals surface area contributed by atoms with Crippen LogP contribution < -0.4 is 0 Å². The zero-order valence-corrected chi connectivity index (χ0v) is 12.8. The molecule has 2 aliphatic rings. The van der Waals surface area contributed by atoms with E-state index in [9.17, 15) is 10.1 Å². The third kappa shape index (κ3) is 3.93. The van der Waals surface area contributed by atoms with E-state index in [1.54, 1.807) is 12.1 Å². The number of rotatable bonds is 5. The van der Waals surface area contributed by atoms with Crippen molar-refractivity contribution in [2.24, 2.45) is 5.92 Å². The number of non-ortho nitro benzene ring substituents is 1. The van der Waals surface area contributed by atoms with Crippen molar-refractivity contribution in [2.45, 2.75) is 19.4 Å². The molecule has 1 aromatic rings. The zero-order chi connectivity index (χ0) is 14.8. The number of halogens is 1. The minimum atomic E-state index is -0.368. The predicted molar refractivity (Wildman–Crippen MR) is 82.5 cm³/mol. The lowest BCUT2D eigenvalue weighted by Crippen LogP contribution is -2.46. The minimum absolute atomic E-state index is 0.113. The van der Waals surface area contributed by atoms with E-state index in [0.29, 0.717) is 11.6 Å². The second kappa shape index (κ2) is 6.30. The van der Waals surface area contributed by atoms with Gasteiger partial charge in [0.2, 0.25) is 0 Å². The average Bonchev–Trinajstić information content (AvgIpc) is 3.27. The first-order valence-electron chi connectivity index (χ1n) is 7.49. The molecule has 1 aliphatic heterocycles. The molecule has 0 radical (unpaired) electrons. The maximum atomic E-state index is 10.9. The predicted octanol–water partition coefficient (Wildman–Crippen LogP) is 2.78. The van der Waals surface area contributed by atoms with Crippen molar-refractivity contribution in [3.05, 3.63) is 38.9 Å². The number of piperazine rings is 1. The van der Waals surface area contributed by atoms with Crippen LogP contribution in [-0.4, -0.2) is 47.4 Å². The smallest absolute Gasteiger partial charge is 0.269 e. The molecule has 1 saturated carbocycles. The van der Waals surface area contributed by atoms with Crippen LogP contribution in [0.3, 0.4) is 0 Å². The highest BCUT2D eigenvalue weighted by Crippen LogP contribution is 2.30. The number of nitrogens with zero attached hydrogens (tertiary/aromatic N) is 3. The molecule has 1 heterocycles. The molecule has 0 aromatic heterocycles. The van der Waals surface area contributed by atoms with Gasteiger partial charge >= 0.3 is 0 Å². The van der Waals surface area contributed by atoms with E-state index in [0.717, 1.165) is 37.7 Å². The van der Waals surface area contributed by atoms with Crippen LogP contribution >= 0.6 is 11.6 Å². The molecule has 0 amide bonds. The van der Waals surface area contributed by atoms with Crippen LogP contribution in [0.15, 0.2) is 18.2 Å². The van der Waals surface area contributed by atoms with Crippen LogP contribution in [0, 0.1) is 16.0 Å². The fourth-order valence-electron chi connectivity index (χ4n) is 2.83. The van der Waals surface area contributed by atoms with Crippen molar-refractivity contribution in [2.75, 3.05) is 32.7 Å². The van der Waals surface area contributed by atoms with Crippen LogP contribution in [0.2, 0.25) is 5.02 Å². The summed E-state index contributed by atoms with van der Waals surface area (Å²) in [6, 6.07) is 4.68. The van der Waals surface area contributed by atoms with E-state index < -0.39 is 0 Å². The Kier molecular flexibility index (Phi) is 4.42. The Bertz CT molecular complexity index is 526. The number of nitro groups is 1. The first kappa shape index (κ1) is 14.8. The lowest BCUT2D eigenvalue weighted by atomic mass is 10.1. The summed E-state index contributed by atoms with van der Waals surface area (Å²) in [5.74, 6) is 0.933. The standard InChI is InChI=1S/C15H20ClN3O2/c16-15-4-3-14(19(20)21)9-13(15)11-18-7-5-17(6-8-18)10-12-1-2-12/h3-4,9,12H,1-2,5-8,10-11H2. The van der Waals surface area contributed by atoms with Crippen molar-refractivity contribution in [3.63, 3.8) is 0 Å². The van der Waals surface area contributed by atoms with Crippen molar-refractivity contribution in [1.82, 2.24) is 9.80 Å². The number of hydrogen-bond acceptors (Lipinski definition) is 4. The molecule has 0 atom stereocenters. The molecular formula is C15H20ClN3O2. The molecule has 0 bridgehead atoms. The van der Waals surface area contributed by atoms with Gasteiger partial charge in [0.05, 0.1) is 4.92 Å². The molecule has 0 unspecified atom stereocenters. The molecule has 2 fully saturated rings. The van der Waals surface area contributed by atoms with Gasteiger partial charge in [-0.2, -0.15) is 0 Å². The lowest BCUT2D eigenvalue weighted by Gasteiger charge is -2.34. The molecule has 1 aliphatic carbocycles. The van der Waals surface area contributed by atoms with Crippen molar-refractivity contribution < 1.29 is 4.92 Å². The van der Waals surface area contributed by atoms with Gasteiger partial charge in [-0.15, -0.1) is 0 Å². The molecule has 21 heavy (non-hydrogen) atoms. The Balaban J connectivity index is 1.56. The monoisotopic (exact) mass is 309 g/mol. The van der Waals surface area contributed by atoms with Crippen LogP contribution in [0.25, 0.3) is 0 Å². The maximum absolute atomic E-state index is 10.9. The van der Waals surface area contributed by atoms with Gasteiger partial charge in [0.15, 0.2) is 0 Å². The van der Waals surface area contributed by atoms with Gasteiger partial charge in [-0.1, -0.05) is 11.6 Å². The molecule has 0 spiro atoms. The first-order valence-corrected chi connectivity index (χ1v) is 7.87. The summed E-state index contributed by atoms with van der Waals surface area (Å²) >= 11 is 6.17. The zero-order valence-electron chi connectivity index (χ0n) is 12.0. The summed E-state index contributed by atoms with van der Waals surface area (Å²) in [5, 5.41) is 11.5. The Morgan fingerprint density at radius 3 is 2.48 bits per heavy atom. The summed E-state index contributed by atoms with van der Waals surface area (Å²) in [6.45, 7) is 6.12.